The average molecular weight is 296 g/mol. The molecule has 0 rings (SSSR count). The molecule has 0 aromatic rings. The van der Waals surface area contributed by atoms with Crippen LogP contribution in [0.1, 0.15) is 20.8 Å². The van der Waals surface area contributed by atoms with Crippen LogP contribution >= 0.6 is 18.2 Å². The fourth-order valence-electron chi connectivity index (χ4n) is 0.769. The summed E-state index contributed by atoms with van der Waals surface area (Å²) in [6.07, 6.45) is -3.46. The molecule has 0 radical (unpaired) electrons. The molecule has 0 aromatic carbocycles. The molecule has 16 heavy (non-hydrogen) atoms. The number of nitrogens with one attached hydrogen (secondary N) is 1. The van der Waals surface area contributed by atoms with E-state index in [1.54, 1.807) is 6.92 Å². The molecule has 8 heteroatoms. The van der Waals surface area contributed by atoms with Gasteiger partial charge < -0.3 is 4.52 Å². The second-order valence-electron chi connectivity index (χ2n) is 3.53. The number of hydrogen-bond donors (Lipinski definition) is 1. The lowest BCUT2D eigenvalue weighted by Crippen LogP contribution is -2.28. The van der Waals surface area contributed by atoms with Gasteiger partial charge in [-0.1, -0.05) is 13.8 Å². The first-order valence-corrected chi connectivity index (χ1v) is 8.06. The van der Waals surface area contributed by atoms with Gasteiger partial charge in [0, 0.05) is 6.54 Å². The fourth-order valence-corrected chi connectivity index (χ4v) is 3.32. The van der Waals surface area contributed by atoms with E-state index in [0.717, 1.165) is 0 Å². The topological polar surface area (TPSA) is 30.5 Å². The van der Waals surface area contributed by atoms with Crippen molar-refractivity contribution in [3.63, 3.8) is 0 Å². The highest BCUT2D eigenvalue weighted by Gasteiger charge is 2.37. The number of hydrogen-bond acceptors (Lipinski definition) is 3. The van der Waals surface area contributed by atoms with E-state index in [4.69, 9.17) is 27.9 Å². The molecular weight excluding hydrogens is 279 g/mol. The maximum absolute atomic E-state index is 13.0. The summed E-state index contributed by atoms with van der Waals surface area (Å²) in [4.78, 5) is 0. The normalized spacial score (nSPS) is 16.4. The number of halogens is 3. The van der Waals surface area contributed by atoms with Crippen molar-refractivity contribution in [2.45, 2.75) is 26.9 Å². The number of rotatable bonds is 8. The lowest BCUT2D eigenvalue weighted by molar-refractivity contribution is -0.157. The summed E-state index contributed by atoms with van der Waals surface area (Å²) in [5.41, 5.74) is 0. The van der Waals surface area contributed by atoms with Crippen LogP contribution in [0.3, 0.4) is 0 Å². The third kappa shape index (κ3) is 7.09. The summed E-state index contributed by atoms with van der Waals surface area (Å²) in [5, 5.41) is 2.73. The molecule has 0 heterocycles. The van der Waals surface area contributed by atoms with E-state index in [9.17, 15) is 8.78 Å². The Morgan fingerprint density at radius 3 is 2.44 bits per heavy atom. The average Bonchev–Trinajstić information content (AvgIpc) is 2.15. The van der Waals surface area contributed by atoms with E-state index >= 15 is 0 Å². The molecular formula is C8H17ClF2NO2PS. The van der Waals surface area contributed by atoms with Gasteiger partial charge in [-0.15, -0.1) is 11.6 Å². The summed E-state index contributed by atoms with van der Waals surface area (Å²) in [5.74, 6) is -0.682. The van der Waals surface area contributed by atoms with Gasteiger partial charge in [-0.25, -0.2) is 5.09 Å². The van der Waals surface area contributed by atoms with Crippen molar-refractivity contribution in [2.75, 3.05) is 19.0 Å². The fraction of sp³-hybridized carbons (Fsp3) is 1.00. The molecule has 1 N–H and O–H groups in total. The van der Waals surface area contributed by atoms with Crippen molar-refractivity contribution in [2.24, 2.45) is 5.92 Å². The Bertz CT molecular complexity index is 256. The molecule has 1 unspecified atom stereocenters. The summed E-state index contributed by atoms with van der Waals surface area (Å²) in [7, 11) is 0. The van der Waals surface area contributed by atoms with Gasteiger partial charge in [0.2, 0.25) is 0 Å². The predicted molar refractivity (Wildman–Crippen MR) is 65.5 cm³/mol. The zero-order valence-corrected chi connectivity index (χ0v) is 12.0. The Balaban J connectivity index is 4.50. The van der Waals surface area contributed by atoms with Gasteiger partial charge in [0.1, 0.15) is 5.88 Å². The largest absolute Gasteiger partial charge is 0.375 e. The van der Waals surface area contributed by atoms with E-state index in [2.05, 4.69) is 9.61 Å². The predicted octanol–water partition coefficient (Wildman–Crippen LogP) is 3.34. The Kier molecular flexibility index (Phi) is 7.49. The molecule has 0 aliphatic rings. The Morgan fingerprint density at radius 2 is 2.06 bits per heavy atom. The van der Waals surface area contributed by atoms with Crippen LogP contribution in [0.25, 0.3) is 0 Å². The van der Waals surface area contributed by atoms with Crippen LogP contribution in [0, 0.1) is 5.92 Å². The van der Waals surface area contributed by atoms with Gasteiger partial charge in [-0.05, 0) is 24.6 Å². The third-order valence-corrected chi connectivity index (χ3v) is 4.32. The van der Waals surface area contributed by atoms with Gasteiger partial charge in [-0.2, -0.15) is 8.78 Å². The van der Waals surface area contributed by atoms with Crippen LogP contribution in [-0.2, 0) is 20.9 Å². The van der Waals surface area contributed by atoms with Crippen molar-refractivity contribution in [1.29, 1.82) is 0 Å². The lowest BCUT2D eigenvalue weighted by atomic mass is 10.2. The van der Waals surface area contributed by atoms with Crippen LogP contribution in [-0.4, -0.2) is 25.1 Å². The number of alkyl halides is 3. The van der Waals surface area contributed by atoms with E-state index in [0.29, 0.717) is 6.54 Å². The zero-order chi connectivity index (χ0) is 12.8. The molecule has 0 saturated carbocycles. The molecule has 0 amide bonds. The van der Waals surface area contributed by atoms with Crippen LogP contribution < -0.4 is 5.09 Å². The molecule has 0 aromatic heterocycles. The minimum Gasteiger partial charge on any atom is -0.318 e. The Morgan fingerprint density at radius 1 is 1.50 bits per heavy atom. The maximum atomic E-state index is 13.0. The first kappa shape index (κ1) is 16.7. The van der Waals surface area contributed by atoms with Crippen LogP contribution in [0.2, 0.25) is 0 Å². The van der Waals surface area contributed by atoms with Gasteiger partial charge in [0.25, 0.3) is 6.64 Å². The summed E-state index contributed by atoms with van der Waals surface area (Å²) >= 11 is 10.0. The van der Waals surface area contributed by atoms with Crippen LogP contribution in [0.5, 0.6) is 0 Å². The first-order chi connectivity index (χ1) is 7.24. The van der Waals surface area contributed by atoms with Gasteiger partial charge in [-0.3, -0.25) is 4.52 Å². The minimum absolute atomic E-state index is 0.209. The van der Waals surface area contributed by atoms with Crippen LogP contribution in [0.4, 0.5) is 8.78 Å². The zero-order valence-electron chi connectivity index (χ0n) is 9.50. The van der Waals surface area contributed by atoms with Gasteiger partial charge >= 0.3 is 6.11 Å². The first-order valence-electron chi connectivity index (χ1n) is 4.89. The molecule has 0 fully saturated rings. The molecule has 3 nitrogen and oxygen atoms in total. The van der Waals surface area contributed by atoms with Crippen molar-refractivity contribution >= 4 is 30.1 Å². The lowest BCUT2D eigenvalue weighted by Gasteiger charge is -2.26. The Hall–Kier alpha value is 0.680. The third-order valence-electron chi connectivity index (χ3n) is 1.40. The minimum atomic E-state index is -3.46. The van der Waals surface area contributed by atoms with E-state index < -0.39 is 18.6 Å². The molecule has 0 bridgehead atoms. The molecule has 0 spiro atoms. The van der Waals surface area contributed by atoms with E-state index in [1.807, 2.05) is 13.8 Å². The van der Waals surface area contributed by atoms with Crippen LogP contribution in [0.15, 0.2) is 0 Å². The highest BCUT2D eigenvalue weighted by molar-refractivity contribution is 8.09. The molecule has 0 saturated heterocycles. The second kappa shape index (κ2) is 7.19. The SMILES string of the molecule is CCOP(=S)(NCC(C)C)OC(F)(F)CCl. The summed E-state index contributed by atoms with van der Waals surface area (Å²) in [6, 6.07) is 0. The van der Waals surface area contributed by atoms with Crippen molar-refractivity contribution < 1.29 is 17.8 Å². The smallest absolute Gasteiger partial charge is 0.318 e. The highest BCUT2D eigenvalue weighted by atomic mass is 35.5. The maximum Gasteiger partial charge on any atom is 0.375 e. The van der Waals surface area contributed by atoms with Crippen molar-refractivity contribution in [3.8, 4) is 0 Å². The monoisotopic (exact) mass is 295 g/mol. The summed E-state index contributed by atoms with van der Waals surface area (Å²) in [6.45, 7) is 3.03. The molecule has 0 aliphatic heterocycles. The van der Waals surface area contributed by atoms with Gasteiger partial charge in [0.15, 0.2) is 0 Å². The second-order valence-corrected chi connectivity index (χ2v) is 6.99. The highest BCUT2D eigenvalue weighted by Crippen LogP contribution is 2.49. The molecule has 0 aliphatic carbocycles. The van der Waals surface area contributed by atoms with Crippen molar-refractivity contribution in [1.82, 2.24) is 5.09 Å². The summed E-state index contributed by atoms with van der Waals surface area (Å²) < 4.78 is 35.5. The van der Waals surface area contributed by atoms with E-state index in [-0.39, 0.29) is 12.5 Å². The molecule has 1 atom stereocenters. The van der Waals surface area contributed by atoms with Crippen molar-refractivity contribution in [3.05, 3.63) is 0 Å². The standard InChI is InChI=1S/C8H17ClF2NO2PS/c1-4-13-15(16,12-5-7(2)3)14-8(10,11)6-9/h7H,4-6H2,1-3H3,(H,12,16). The quantitative estimate of drug-likeness (QED) is 0.549. The van der Waals surface area contributed by atoms with Gasteiger partial charge in [0.05, 0.1) is 6.61 Å². The Labute approximate surface area is 105 Å². The van der Waals surface area contributed by atoms with E-state index in [1.165, 1.54) is 0 Å². The molecule has 98 valence electrons.